The number of anilines is 1. The lowest BCUT2D eigenvalue weighted by atomic mass is 10.2. The molecule has 2 aromatic carbocycles. The molecule has 6 nitrogen and oxygen atoms in total. The van der Waals surface area contributed by atoms with Gasteiger partial charge in [0.2, 0.25) is 11.8 Å². The van der Waals surface area contributed by atoms with Gasteiger partial charge in [-0.3, -0.25) is 14.5 Å². The molecule has 0 radical (unpaired) electrons. The summed E-state index contributed by atoms with van der Waals surface area (Å²) < 4.78 is 5.73. The maximum absolute atomic E-state index is 12.4. The van der Waals surface area contributed by atoms with Gasteiger partial charge in [0.1, 0.15) is 11.5 Å². The molecule has 2 aromatic rings. The Balaban J connectivity index is 1.57. The maximum atomic E-state index is 12.4. The number of piperazine rings is 1. The van der Waals surface area contributed by atoms with Gasteiger partial charge in [-0.1, -0.05) is 18.2 Å². The van der Waals surface area contributed by atoms with Crippen LogP contribution in [0.1, 0.15) is 6.92 Å². The van der Waals surface area contributed by atoms with Crippen molar-refractivity contribution >= 4 is 17.5 Å². The number of ether oxygens (including phenoxy) is 1. The highest BCUT2D eigenvalue weighted by Crippen LogP contribution is 2.22. The van der Waals surface area contributed by atoms with Crippen LogP contribution in [0, 0.1) is 0 Å². The molecule has 0 spiro atoms. The molecule has 1 atom stereocenters. The summed E-state index contributed by atoms with van der Waals surface area (Å²) in [6.07, 6.45) is 0. The predicted octanol–water partition coefficient (Wildman–Crippen LogP) is 2.24. The molecule has 1 heterocycles. The molecule has 25 heavy (non-hydrogen) atoms. The molecule has 1 fully saturated rings. The maximum Gasteiger partial charge on any atom is 0.241 e. The van der Waals surface area contributed by atoms with E-state index in [1.165, 1.54) is 0 Å². The predicted molar refractivity (Wildman–Crippen MR) is 95.6 cm³/mol. The second kappa shape index (κ2) is 7.81. The van der Waals surface area contributed by atoms with Gasteiger partial charge in [-0.05, 0) is 43.3 Å². The molecule has 1 unspecified atom stereocenters. The van der Waals surface area contributed by atoms with Gasteiger partial charge in [-0.2, -0.15) is 0 Å². The molecular formula is C19H21N3O3. The first-order valence-electron chi connectivity index (χ1n) is 8.26. The second-order valence-electron chi connectivity index (χ2n) is 5.93. The third-order valence-electron chi connectivity index (χ3n) is 4.10. The molecule has 2 amide bonds. The van der Waals surface area contributed by atoms with Crippen molar-refractivity contribution in [2.75, 3.05) is 25.0 Å². The van der Waals surface area contributed by atoms with E-state index in [2.05, 4.69) is 10.6 Å². The number of rotatable bonds is 5. The highest BCUT2D eigenvalue weighted by Gasteiger charge is 2.25. The Bertz CT molecular complexity index is 731. The molecule has 1 saturated heterocycles. The van der Waals surface area contributed by atoms with Crippen LogP contribution in [0.25, 0.3) is 0 Å². The van der Waals surface area contributed by atoms with Gasteiger partial charge in [0.05, 0.1) is 12.6 Å². The Morgan fingerprint density at radius 2 is 1.80 bits per heavy atom. The third kappa shape index (κ3) is 4.58. The van der Waals surface area contributed by atoms with Crippen LogP contribution < -0.4 is 15.4 Å². The third-order valence-corrected chi connectivity index (χ3v) is 4.10. The molecule has 3 rings (SSSR count). The van der Waals surface area contributed by atoms with E-state index in [4.69, 9.17) is 4.74 Å². The lowest BCUT2D eigenvalue weighted by molar-refractivity contribution is -0.127. The molecule has 0 bridgehead atoms. The fourth-order valence-electron chi connectivity index (χ4n) is 2.63. The molecule has 1 aliphatic heterocycles. The number of nitrogens with zero attached hydrogens (tertiary/aromatic N) is 1. The monoisotopic (exact) mass is 339 g/mol. The molecule has 6 heteroatoms. The van der Waals surface area contributed by atoms with Crippen LogP contribution in [0.2, 0.25) is 0 Å². The Morgan fingerprint density at radius 3 is 2.48 bits per heavy atom. The average Bonchev–Trinajstić information content (AvgIpc) is 2.63. The van der Waals surface area contributed by atoms with Gasteiger partial charge >= 0.3 is 0 Å². The van der Waals surface area contributed by atoms with E-state index in [0.717, 1.165) is 5.75 Å². The molecule has 1 aliphatic rings. The number of hydrogen-bond donors (Lipinski definition) is 2. The first-order valence-corrected chi connectivity index (χ1v) is 8.26. The number of para-hydroxylation sites is 1. The van der Waals surface area contributed by atoms with Crippen molar-refractivity contribution in [3.63, 3.8) is 0 Å². The molecule has 0 aromatic heterocycles. The van der Waals surface area contributed by atoms with Crippen molar-refractivity contribution in [3.05, 3.63) is 54.6 Å². The van der Waals surface area contributed by atoms with Gasteiger partial charge in [0, 0.05) is 18.8 Å². The lowest BCUT2D eigenvalue weighted by Crippen LogP contribution is -2.53. The molecule has 0 saturated carbocycles. The van der Waals surface area contributed by atoms with Crippen molar-refractivity contribution in [2.45, 2.75) is 13.0 Å². The average molecular weight is 339 g/mol. The lowest BCUT2D eigenvalue weighted by Gasteiger charge is -2.31. The molecule has 130 valence electrons. The Kier molecular flexibility index (Phi) is 5.30. The van der Waals surface area contributed by atoms with E-state index in [-0.39, 0.29) is 24.4 Å². The van der Waals surface area contributed by atoms with E-state index in [1.807, 2.05) is 47.4 Å². The fourth-order valence-corrected chi connectivity index (χ4v) is 2.63. The van der Waals surface area contributed by atoms with Crippen LogP contribution in [-0.4, -0.2) is 42.4 Å². The van der Waals surface area contributed by atoms with Crippen LogP contribution in [0.15, 0.2) is 54.6 Å². The summed E-state index contributed by atoms with van der Waals surface area (Å²) in [5, 5.41) is 5.63. The van der Waals surface area contributed by atoms with Gasteiger partial charge in [0.25, 0.3) is 0 Å². The van der Waals surface area contributed by atoms with E-state index in [9.17, 15) is 9.59 Å². The zero-order valence-electron chi connectivity index (χ0n) is 14.1. The smallest absolute Gasteiger partial charge is 0.241 e. The van der Waals surface area contributed by atoms with Crippen molar-refractivity contribution in [1.82, 2.24) is 10.2 Å². The van der Waals surface area contributed by atoms with Gasteiger partial charge < -0.3 is 15.4 Å². The van der Waals surface area contributed by atoms with Gasteiger partial charge in [-0.25, -0.2) is 0 Å². The summed E-state index contributed by atoms with van der Waals surface area (Å²) in [7, 11) is 0. The standard InChI is InChI=1S/C19H21N3O3/c1-14(22-12-11-20-18(23)13-22)19(24)21-15-7-9-17(10-8-15)25-16-5-3-2-4-6-16/h2-10,14H,11-13H2,1H3,(H,20,23)(H,21,24). The molecular weight excluding hydrogens is 318 g/mol. The quantitative estimate of drug-likeness (QED) is 0.876. The fraction of sp³-hybridized carbons (Fsp3) is 0.263. The first kappa shape index (κ1) is 17.0. The van der Waals surface area contributed by atoms with Crippen molar-refractivity contribution in [1.29, 1.82) is 0 Å². The second-order valence-corrected chi connectivity index (χ2v) is 5.93. The normalized spacial score (nSPS) is 16.0. The summed E-state index contributed by atoms with van der Waals surface area (Å²) in [5.74, 6) is 1.28. The number of benzene rings is 2. The summed E-state index contributed by atoms with van der Waals surface area (Å²) in [5.41, 5.74) is 0.693. The number of amides is 2. The van der Waals surface area contributed by atoms with E-state index in [1.54, 1.807) is 19.1 Å². The first-order chi connectivity index (χ1) is 12.1. The summed E-state index contributed by atoms with van der Waals surface area (Å²) in [4.78, 5) is 25.7. The Labute approximate surface area is 146 Å². The van der Waals surface area contributed by atoms with Crippen molar-refractivity contribution < 1.29 is 14.3 Å². The van der Waals surface area contributed by atoms with Crippen LogP contribution >= 0.6 is 0 Å². The van der Waals surface area contributed by atoms with Crippen molar-refractivity contribution in [2.24, 2.45) is 0 Å². The van der Waals surface area contributed by atoms with Gasteiger partial charge in [-0.15, -0.1) is 0 Å². The summed E-state index contributed by atoms with van der Waals surface area (Å²) >= 11 is 0. The molecule has 2 N–H and O–H groups in total. The molecule has 0 aliphatic carbocycles. The van der Waals surface area contributed by atoms with E-state index < -0.39 is 0 Å². The SMILES string of the molecule is CC(C(=O)Nc1ccc(Oc2ccccc2)cc1)N1CCNC(=O)C1. The number of hydrogen-bond acceptors (Lipinski definition) is 4. The van der Waals surface area contributed by atoms with E-state index >= 15 is 0 Å². The van der Waals surface area contributed by atoms with E-state index in [0.29, 0.717) is 24.5 Å². The van der Waals surface area contributed by atoms with Crippen LogP contribution in [0.5, 0.6) is 11.5 Å². The minimum Gasteiger partial charge on any atom is -0.457 e. The number of carbonyl (C=O) groups excluding carboxylic acids is 2. The largest absolute Gasteiger partial charge is 0.457 e. The number of nitrogens with one attached hydrogen (secondary N) is 2. The highest BCUT2D eigenvalue weighted by atomic mass is 16.5. The zero-order valence-corrected chi connectivity index (χ0v) is 14.1. The minimum atomic E-state index is -0.369. The van der Waals surface area contributed by atoms with Crippen LogP contribution in [0.4, 0.5) is 5.69 Å². The zero-order chi connectivity index (χ0) is 17.6. The highest BCUT2D eigenvalue weighted by molar-refractivity contribution is 5.95. The minimum absolute atomic E-state index is 0.0479. The number of carbonyl (C=O) groups is 2. The Morgan fingerprint density at radius 1 is 1.12 bits per heavy atom. The Hall–Kier alpha value is -2.86. The summed E-state index contributed by atoms with van der Waals surface area (Å²) in [6.45, 7) is 3.30. The van der Waals surface area contributed by atoms with Gasteiger partial charge in [0.15, 0.2) is 0 Å². The topological polar surface area (TPSA) is 70.7 Å². The summed E-state index contributed by atoms with van der Waals surface area (Å²) in [6, 6.07) is 16.3. The van der Waals surface area contributed by atoms with Crippen LogP contribution in [-0.2, 0) is 9.59 Å². The van der Waals surface area contributed by atoms with Crippen molar-refractivity contribution in [3.8, 4) is 11.5 Å². The van der Waals surface area contributed by atoms with Crippen LogP contribution in [0.3, 0.4) is 0 Å².